The van der Waals surface area contributed by atoms with Gasteiger partial charge in [-0.3, -0.25) is 9.11 Å². The molecule has 23 heteroatoms. The lowest BCUT2D eigenvalue weighted by Crippen LogP contribution is -2.73. The Bertz CT molecular complexity index is 2580. The molecule has 10 saturated heterocycles. The first-order valence-corrected chi connectivity index (χ1v) is 31.4. The number of ether oxygens (including phenoxy) is 10. The van der Waals surface area contributed by atoms with Crippen LogP contribution in [-0.4, -0.2) is 192 Å². The van der Waals surface area contributed by atoms with Gasteiger partial charge in [0.2, 0.25) is 0 Å². The molecular formula is C56H84O21S2. The van der Waals surface area contributed by atoms with Crippen molar-refractivity contribution in [3.8, 4) is 0 Å². The summed E-state index contributed by atoms with van der Waals surface area (Å²) in [7, 11) is -9.74. The summed E-state index contributed by atoms with van der Waals surface area (Å²) in [6, 6.07) is 0. The molecule has 0 aromatic rings. The van der Waals surface area contributed by atoms with Crippen LogP contribution in [0.5, 0.6) is 0 Å². The molecule has 5 N–H and O–H groups in total. The summed E-state index contributed by atoms with van der Waals surface area (Å²) in [6.45, 7) is 23.1. The van der Waals surface area contributed by atoms with E-state index < -0.39 is 116 Å². The van der Waals surface area contributed by atoms with Gasteiger partial charge in [-0.25, -0.2) is 8.37 Å². The molecule has 0 radical (unpaired) electrons. The average Bonchev–Trinajstić information content (AvgIpc) is 3.52. The van der Waals surface area contributed by atoms with Crippen molar-refractivity contribution in [2.24, 2.45) is 17.8 Å². The molecule has 446 valence electrons. The van der Waals surface area contributed by atoms with E-state index in [0.29, 0.717) is 69.8 Å². The molecule has 0 bridgehead atoms. The zero-order chi connectivity index (χ0) is 56.6. The Morgan fingerprint density at radius 3 is 1.94 bits per heavy atom. The van der Waals surface area contributed by atoms with Gasteiger partial charge in [-0.05, 0) is 97.0 Å². The van der Waals surface area contributed by atoms with Gasteiger partial charge >= 0.3 is 20.8 Å². The van der Waals surface area contributed by atoms with Crippen LogP contribution in [0.2, 0.25) is 0 Å². The molecule has 1 aliphatic carbocycles. The lowest BCUT2D eigenvalue weighted by Gasteiger charge is -2.61. The number of fused-ring (bicyclic) bond motifs is 10. The summed E-state index contributed by atoms with van der Waals surface area (Å²) in [5, 5.41) is 34.3. The van der Waals surface area contributed by atoms with Crippen LogP contribution in [0.1, 0.15) is 131 Å². The van der Waals surface area contributed by atoms with Crippen molar-refractivity contribution < 1.29 is 97.0 Å². The standard InChI is InChI=1S/C56H84O21S2/c1-10-33(57)28(2)11-14-52(5,59)32-20-31-21-48-56(9,75-35(31)19-30(32)4)51(58)50-44(72-48)25-43-49(73-50)29(3)12-15-54(7)46(71-43)27-45-55(8,77-54)16-13-34-36(70-45)22-38-37(67-34)23-39-40(68-38)24-42-41(69-39)26-47(76-79(63,64)65)53(6,74-42)17-18-66-78(60,61)62/h10-11,14,29,31-51,57-59H,1-2,4,12-13,15-27H2,3,5-9H3,(H,60,61,62)(H,63,64,65). The predicted molar refractivity (Wildman–Crippen MR) is 280 cm³/mol. The summed E-state index contributed by atoms with van der Waals surface area (Å²) in [5.41, 5.74) is -3.78. The Kier molecular flexibility index (Phi) is 15.9. The second-order valence-electron chi connectivity index (χ2n) is 26.1. The fraction of sp³-hybridized carbons (Fsp3) is 0.857. The minimum absolute atomic E-state index is 0.00139. The van der Waals surface area contributed by atoms with Gasteiger partial charge in [-0.15, -0.1) is 6.58 Å². The normalized spacial score (nSPS) is 50.9. The maximum atomic E-state index is 12.4. The van der Waals surface area contributed by atoms with Crippen LogP contribution in [-0.2, 0) is 76.5 Å². The zero-order valence-electron chi connectivity index (χ0n) is 46.2. The molecule has 1 saturated carbocycles. The molecule has 0 spiro atoms. The lowest BCUT2D eigenvalue weighted by molar-refractivity contribution is -0.363. The van der Waals surface area contributed by atoms with Crippen molar-refractivity contribution >= 4 is 20.8 Å². The summed E-state index contributed by atoms with van der Waals surface area (Å²) < 4.78 is 144. The highest BCUT2D eigenvalue weighted by atomic mass is 32.3. The van der Waals surface area contributed by atoms with Crippen molar-refractivity contribution in [3.05, 3.63) is 49.1 Å². The second kappa shape index (κ2) is 21.3. The van der Waals surface area contributed by atoms with Gasteiger partial charge in [0.05, 0.1) is 127 Å². The van der Waals surface area contributed by atoms with Crippen molar-refractivity contribution in [2.45, 2.75) is 275 Å². The fourth-order valence-corrected chi connectivity index (χ4v) is 16.7. The van der Waals surface area contributed by atoms with Crippen LogP contribution in [0.15, 0.2) is 49.1 Å². The van der Waals surface area contributed by atoms with Gasteiger partial charge in [-0.2, -0.15) is 16.8 Å². The van der Waals surface area contributed by atoms with Crippen molar-refractivity contribution in [1.82, 2.24) is 0 Å². The van der Waals surface area contributed by atoms with Crippen LogP contribution >= 0.6 is 0 Å². The Morgan fingerprint density at radius 2 is 1.29 bits per heavy atom. The first kappa shape index (κ1) is 58.9. The molecule has 10 heterocycles. The third-order valence-corrected chi connectivity index (χ3v) is 21.4. The molecule has 79 heavy (non-hydrogen) atoms. The molecule has 21 nitrogen and oxygen atoms in total. The predicted octanol–water partition coefficient (Wildman–Crippen LogP) is 4.90. The molecule has 27 atom stereocenters. The molecule has 0 amide bonds. The van der Waals surface area contributed by atoms with Crippen molar-refractivity contribution in [2.75, 3.05) is 6.61 Å². The average molecular weight is 1160 g/mol. The number of aliphatic hydroxyl groups is 3. The van der Waals surface area contributed by atoms with E-state index in [4.69, 9.17) is 56.1 Å². The topological polar surface area (TPSA) is 280 Å². The summed E-state index contributed by atoms with van der Waals surface area (Å²) in [4.78, 5) is 0. The van der Waals surface area contributed by atoms with Crippen LogP contribution in [0, 0.1) is 17.8 Å². The van der Waals surface area contributed by atoms with Gasteiger partial charge in [0.1, 0.15) is 23.9 Å². The third-order valence-electron chi connectivity index (χ3n) is 20.5. The van der Waals surface area contributed by atoms with E-state index in [-0.39, 0.29) is 85.5 Å². The highest BCUT2D eigenvalue weighted by Gasteiger charge is 2.65. The van der Waals surface area contributed by atoms with E-state index in [0.717, 1.165) is 18.4 Å². The number of hydrogen-bond acceptors (Lipinski definition) is 19. The van der Waals surface area contributed by atoms with Gasteiger partial charge in [0.25, 0.3) is 0 Å². The number of hydrogen-bond donors (Lipinski definition) is 5. The van der Waals surface area contributed by atoms with Crippen LogP contribution in [0.4, 0.5) is 0 Å². The molecular weight excluding hydrogens is 1070 g/mol. The van der Waals surface area contributed by atoms with Gasteiger partial charge in [0.15, 0.2) is 0 Å². The second-order valence-corrected chi connectivity index (χ2v) is 28.3. The SMILES string of the molecule is C=CC(O)C(=C)C=CC(C)(O)C1CC2CC3OC4CC5OC6CC7OC8CC9OC%10CC%11OC(C)(CCOS(=O)(=O)O)C(OS(=O)(=O)O)CC%11OC%10CC9OC8CCC7(C)OC6(C)CCC(C)C5OC4C(O)C3(C)OC2CC1=C. The first-order valence-electron chi connectivity index (χ1n) is 28.6. The minimum atomic E-state index is -4.95. The lowest BCUT2D eigenvalue weighted by atomic mass is 9.64. The van der Waals surface area contributed by atoms with Crippen molar-refractivity contribution in [1.29, 1.82) is 0 Å². The molecule has 27 unspecified atom stereocenters. The summed E-state index contributed by atoms with van der Waals surface area (Å²) in [6.07, 6.45) is 2.04. The number of rotatable bonds is 11. The Labute approximate surface area is 464 Å². The Hall–Kier alpha value is -1.82. The van der Waals surface area contributed by atoms with Gasteiger partial charge in [-0.1, -0.05) is 43.9 Å². The Morgan fingerprint density at radius 1 is 0.722 bits per heavy atom. The maximum absolute atomic E-state index is 12.4. The zero-order valence-corrected chi connectivity index (χ0v) is 47.9. The van der Waals surface area contributed by atoms with E-state index in [1.807, 2.05) is 6.92 Å². The first-order chi connectivity index (χ1) is 36.9. The fourth-order valence-electron chi connectivity index (χ4n) is 15.9. The maximum Gasteiger partial charge on any atom is 0.397 e. The van der Waals surface area contributed by atoms with Crippen LogP contribution < -0.4 is 0 Å². The Balaban J connectivity index is 0.748. The number of aliphatic hydroxyl groups excluding tert-OH is 2. The van der Waals surface area contributed by atoms with E-state index in [2.05, 4.69) is 44.7 Å². The van der Waals surface area contributed by atoms with E-state index in [1.54, 1.807) is 19.1 Å². The minimum Gasteiger partial charge on any atom is -0.387 e. The third kappa shape index (κ3) is 11.5. The smallest absolute Gasteiger partial charge is 0.387 e. The molecule has 11 fully saturated rings. The largest absolute Gasteiger partial charge is 0.397 e. The highest BCUT2D eigenvalue weighted by molar-refractivity contribution is 7.81. The van der Waals surface area contributed by atoms with Gasteiger partial charge in [0, 0.05) is 50.9 Å². The van der Waals surface area contributed by atoms with Crippen LogP contribution in [0.25, 0.3) is 0 Å². The molecule has 0 aromatic heterocycles. The molecule has 0 aromatic carbocycles. The summed E-state index contributed by atoms with van der Waals surface area (Å²) >= 11 is 0. The highest BCUT2D eigenvalue weighted by Crippen LogP contribution is 2.55. The van der Waals surface area contributed by atoms with E-state index in [1.165, 1.54) is 13.0 Å². The van der Waals surface area contributed by atoms with Crippen molar-refractivity contribution in [3.63, 3.8) is 0 Å². The van der Waals surface area contributed by atoms with E-state index in [9.17, 15) is 36.7 Å². The van der Waals surface area contributed by atoms with E-state index >= 15 is 0 Å². The monoisotopic (exact) mass is 1160 g/mol. The summed E-state index contributed by atoms with van der Waals surface area (Å²) in [5.74, 6) is -0.191. The quantitative estimate of drug-likeness (QED) is 0.105. The molecule has 11 rings (SSSR count). The molecule has 11 aliphatic rings. The molecule has 10 aliphatic heterocycles. The van der Waals surface area contributed by atoms with Crippen LogP contribution in [0.3, 0.4) is 0 Å². The van der Waals surface area contributed by atoms with Gasteiger partial charge < -0.3 is 62.7 Å².